The largest absolute Gasteiger partial charge is 0.162 e. The van der Waals surface area contributed by atoms with E-state index in [1.165, 1.54) is 36.3 Å². The molecule has 0 aliphatic heterocycles. The fourth-order valence-corrected chi connectivity index (χ4v) is 2.57. The van der Waals surface area contributed by atoms with Crippen molar-refractivity contribution in [2.45, 2.75) is 40.0 Å². The molecule has 0 amide bonds. The van der Waals surface area contributed by atoms with E-state index in [1.807, 2.05) is 0 Å². The lowest BCUT2D eigenvalue weighted by atomic mass is 9.91. The third-order valence-electron chi connectivity index (χ3n) is 2.59. The van der Waals surface area contributed by atoms with Gasteiger partial charge in [0.15, 0.2) is 0 Å². The van der Waals surface area contributed by atoms with Gasteiger partial charge in [-0.05, 0) is 41.7 Å². The van der Waals surface area contributed by atoms with Gasteiger partial charge in [-0.3, -0.25) is 0 Å². The summed E-state index contributed by atoms with van der Waals surface area (Å²) in [4.78, 5) is 0. The SMILES string of the molecule is CC(C)(C)CCCSCCc1ccccc1. The van der Waals surface area contributed by atoms with Gasteiger partial charge in [-0.2, -0.15) is 11.8 Å². The topological polar surface area (TPSA) is 0 Å². The summed E-state index contributed by atoms with van der Waals surface area (Å²) in [5.41, 5.74) is 1.96. The molecule has 0 aliphatic carbocycles. The number of rotatable bonds is 6. The lowest BCUT2D eigenvalue weighted by molar-refractivity contribution is 0.375. The zero-order valence-electron chi connectivity index (χ0n) is 10.8. The molecule has 0 atom stereocenters. The van der Waals surface area contributed by atoms with Crippen LogP contribution in [0.5, 0.6) is 0 Å². The Hall–Kier alpha value is -0.430. The standard InChI is InChI=1S/C15H24S/c1-15(2,3)11-7-12-16-13-10-14-8-5-4-6-9-14/h4-6,8-9H,7,10-13H2,1-3H3. The summed E-state index contributed by atoms with van der Waals surface area (Å²) in [5.74, 6) is 2.57. The van der Waals surface area contributed by atoms with Crippen LogP contribution in [-0.4, -0.2) is 11.5 Å². The minimum Gasteiger partial charge on any atom is -0.162 e. The van der Waals surface area contributed by atoms with E-state index in [4.69, 9.17) is 0 Å². The number of hydrogen-bond donors (Lipinski definition) is 0. The second-order valence-corrected chi connectivity index (χ2v) is 6.74. The third-order valence-corrected chi connectivity index (χ3v) is 3.66. The van der Waals surface area contributed by atoms with Gasteiger partial charge in [-0.25, -0.2) is 0 Å². The molecule has 0 saturated heterocycles. The maximum Gasteiger partial charge on any atom is -0.00270 e. The van der Waals surface area contributed by atoms with Crippen molar-refractivity contribution in [3.63, 3.8) is 0 Å². The zero-order valence-corrected chi connectivity index (χ0v) is 11.6. The van der Waals surface area contributed by atoms with Gasteiger partial charge < -0.3 is 0 Å². The van der Waals surface area contributed by atoms with Crippen molar-refractivity contribution < 1.29 is 0 Å². The van der Waals surface area contributed by atoms with Gasteiger partial charge in [0.1, 0.15) is 0 Å². The molecule has 0 bridgehead atoms. The molecule has 1 aromatic rings. The van der Waals surface area contributed by atoms with Gasteiger partial charge in [-0.1, -0.05) is 51.1 Å². The first-order chi connectivity index (χ1) is 7.58. The van der Waals surface area contributed by atoms with Crippen LogP contribution in [0.2, 0.25) is 0 Å². The van der Waals surface area contributed by atoms with Crippen LogP contribution in [0.4, 0.5) is 0 Å². The first-order valence-electron chi connectivity index (χ1n) is 6.20. The summed E-state index contributed by atoms with van der Waals surface area (Å²) in [6.45, 7) is 6.96. The molecule has 16 heavy (non-hydrogen) atoms. The smallest absolute Gasteiger partial charge is 0.00270 e. The van der Waals surface area contributed by atoms with Crippen LogP contribution in [0.3, 0.4) is 0 Å². The quantitative estimate of drug-likeness (QED) is 0.640. The molecule has 0 nitrogen and oxygen atoms in total. The van der Waals surface area contributed by atoms with E-state index in [1.54, 1.807) is 0 Å². The average Bonchev–Trinajstić information content (AvgIpc) is 2.23. The predicted molar refractivity (Wildman–Crippen MR) is 76.2 cm³/mol. The highest BCUT2D eigenvalue weighted by atomic mass is 32.2. The Morgan fingerprint density at radius 2 is 1.69 bits per heavy atom. The van der Waals surface area contributed by atoms with E-state index in [0.717, 1.165) is 0 Å². The van der Waals surface area contributed by atoms with Crippen LogP contribution in [0.15, 0.2) is 30.3 Å². The van der Waals surface area contributed by atoms with Crippen LogP contribution < -0.4 is 0 Å². The number of thioether (sulfide) groups is 1. The molecule has 90 valence electrons. The molecule has 0 unspecified atom stereocenters. The number of hydrogen-bond acceptors (Lipinski definition) is 1. The Kier molecular flexibility index (Phi) is 5.97. The normalized spacial score (nSPS) is 11.7. The molecule has 1 heteroatoms. The molecule has 0 radical (unpaired) electrons. The summed E-state index contributed by atoms with van der Waals surface area (Å²) in [5, 5.41) is 0. The van der Waals surface area contributed by atoms with Crippen LogP contribution in [0.25, 0.3) is 0 Å². The fraction of sp³-hybridized carbons (Fsp3) is 0.600. The minimum atomic E-state index is 0.500. The maximum absolute atomic E-state index is 2.32. The number of benzene rings is 1. The zero-order chi connectivity index (χ0) is 11.9. The second kappa shape index (κ2) is 7.01. The maximum atomic E-state index is 2.32. The first-order valence-corrected chi connectivity index (χ1v) is 7.35. The van der Waals surface area contributed by atoms with Crippen LogP contribution in [-0.2, 0) is 6.42 Å². The van der Waals surface area contributed by atoms with E-state index >= 15 is 0 Å². The Morgan fingerprint density at radius 1 is 1.00 bits per heavy atom. The van der Waals surface area contributed by atoms with Gasteiger partial charge in [0.2, 0.25) is 0 Å². The molecule has 1 rings (SSSR count). The van der Waals surface area contributed by atoms with Gasteiger partial charge in [-0.15, -0.1) is 0 Å². The summed E-state index contributed by atoms with van der Waals surface area (Å²) >= 11 is 2.09. The Balaban J connectivity index is 2.01. The molecule has 0 saturated carbocycles. The van der Waals surface area contributed by atoms with Crippen LogP contribution in [0.1, 0.15) is 39.2 Å². The van der Waals surface area contributed by atoms with Crippen molar-refractivity contribution in [3.8, 4) is 0 Å². The van der Waals surface area contributed by atoms with E-state index < -0.39 is 0 Å². The van der Waals surface area contributed by atoms with Gasteiger partial charge in [0.05, 0.1) is 0 Å². The number of aryl methyl sites for hydroxylation is 1. The summed E-state index contributed by atoms with van der Waals surface area (Å²) in [7, 11) is 0. The second-order valence-electron chi connectivity index (χ2n) is 5.51. The fourth-order valence-electron chi connectivity index (χ4n) is 1.64. The molecule has 0 aliphatic rings. The van der Waals surface area contributed by atoms with Crippen molar-refractivity contribution >= 4 is 11.8 Å². The molecule has 0 N–H and O–H groups in total. The molecule has 1 aromatic carbocycles. The Labute approximate surface area is 105 Å². The van der Waals surface area contributed by atoms with Crippen molar-refractivity contribution in [1.82, 2.24) is 0 Å². The highest BCUT2D eigenvalue weighted by Gasteiger charge is 2.08. The Bertz CT molecular complexity index is 271. The van der Waals surface area contributed by atoms with Crippen molar-refractivity contribution in [2.24, 2.45) is 5.41 Å². The van der Waals surface area contributed by atoms with Crippen LogP contribution in [0, 0.1) is 5.41 Å². The summed E-state index contributed by atoms with van der Waals surface area (Å²) in [6, 6.07) is 10.8. The predicted octanol–water partition coefficient (Wildman–Crippen LogP) is 4.79. The van der Waals surface area contributed by atoms with Gasteiger partial charge in [0.25, 0.3) is 0 Å². The monoisotopic (exact) mass is 236 g/mol. The van der Waals surface area contributed by atoms with E-state index in [0.29, 0.717) is 5.41 Å². The van der Waals surface area contributed by atoms with Crippen molar-refractivity contribution in [3.05, 3.63) is 35.9 Å². The van der Waals surface area contributed by atoms with Crippen LogP contribution >= 0.6 is 11.8 Å². The van der Waals surface area contributed by atoms with E-state index in [9.17, 15) is 0 Å². The van der Waals surface area contributed by atoms with Crippen molar-refractivity contribution in [2.75, 3.05) is 11.5 Å². The summed E-state index contributed by atoms with van der Waals surface area (Å²) < 4.78 is 0. The lowest BCUT2D eigenvalue weighted by Crippen LogP contribution is -2.04. The lowest BCUT2D eigenvalue weighted by Gasteiger charge is -2.17. The molecule has 0 heterocycles. The summed E-state index contributed by atoms with van der Waals surface area (Å²) in [6.07, 6.45) is 3.90. The van der Waals surface area contributed by atoms with Gasteiger partial charge >= 0.3 is 0 Å². The average molecular weight is 236 g/mol. The first kappa shape index (κ1) is 13.6. The van der Waals surface area contributed by atoms with E-state index in [-0.39, 0.29) is 0 Å². The minimum absolute atomic E-state index is 0.500. The third kappa shape index (κ3) is 6.95. The Morgan fingerprint density at radius 3 is 2.31 bits per heavy atom. The molecule has 0 aromatic heterocycles. The molecular formula is C15H24S. The van der Waals surface area contributed by atoms with E-state index in [2.05, 4.69) is 62.9 Å². The molecular weight excluding hydrogens is 212 g/mol. The van der Waals surface area contributed by atoms with Crippen molar-refractivity contribution in [1.29, 1.82) is 0 Å². The van der Waals surface area contributed by atoms with Gasteiger partial charge in [0, 0.05) is 0 Å². The highest BCUT2D eigenvalue weighted by molar-refractivity contribution is 7.99. The highest BCUT2D eigenvalue weighted by Crippen LogP contribution is 2.22. The molecule has 0 fully saturated rings. The molecule has 0 spiro atoms.